The van der Waals surface area contributed by atoms with E-state index < -0.39 is 0 Å². The zero-order valence-electron chi connectivity index (χ0n) is 16.9. The van der Waals surface area contributed by atoms with Crippen molar-refractivity contribution >= 4 is 28.7 Å². The maximum absolute atomic E-state index is 12.2. The van der Waals surface area contributed by atoms with Gasteiger partial charge in [-0.15, -0.1) is 11.8 Å². The van der Waals surface area contributed by atoms with Gasteiger partial charge in [0.15, 0.2) is 0 Å². The SMILES string of the molecule is CC(SCC(=O)NCCCN1CCc2ccccc2C1)c1nc2ccccc2[nH]1. The minimum Gasteiger partial charge on any atom is -0.355 e. The second-order valence-electron chi connectivity index (χ2n) is 7.59. The van der Waals surface area contributed by atoms with Gasteiger partial charge in [-0.2, -0.15) is 0 Å². The van der Waals surface area contributed by atoms with Gasteiger partial charge in [-0.3, -0.25) is 9.69 Å². The third-order valence-corrected chi connectivity index (χ3v) is 6.59. The largest absolute Gasteiger partial charge is 0.355 e. The van der Waals surface area contributed by atoms with Crippen molar-refractivity contribution in [2.24, 2.45) is 0 Å². The standard InChI is InChI=1S/C23H28N4OS/c1-17(23-25-20-9-4-5-10-21(20)26-23)29-16-22(28)24-12-6-13-27-14-11-18-7-2-3-8-19(18)15-27/h2-5,7-10,17H,6,11-16H2,1H3,(H,24,28)(H,25,26). The molecule has 0 aliphatic carbocycles. The maximum atomic E-state index is 12.2. The van der Waals surface area contributed by atoms with Gasteiger partial charge in [-0.25, -0.2) is 4.98 Å². The molecule has 0 bridgehead atoms. The van der Waals surface area contributed by atoms with Crippen LogP contribution in [0.15, 0.2) is 48.5 Å². The lowest BCUT2D eigenvalue weighted by Crippen LogP contribution is -2.34. The molecular formula is C23H28N4OS. The summed E-state index contributed by atoms with van der Waals surface area (Å²) in [6.07, 6.45) is 2.11. The van der Waals surface area contributed by atoms with Crippen molar-refractivity contribution < 1.29 is 4.79 Å². The predicted molar refractivity (Wildman–Crippen MR) is 120 cm³/mol. The fourth-order valence-corrected chi connectivity index (χ4v) is 4.54. The van der Waals surface area contributed by atoms with Crippen LogP contribution in [0.2, 0.25) is 0 Å². The highest BCUT2D eigenvalue weighted by Crippen LogP contribution is 2.27. The predicted octanol–water partition coefficient (Wildman–Crippen LogP) is 3.92. The number of imidazole rings is 1. The number of benzene rings is 2. The Morgan fingerprint density at radius 1 is 1.21 bits per heavy atom. The number of H-pyrrole nitrogens is 1. The lowest BCUT2D eigenvalue weighted by atomic mass is 10.00. The monoisotopic (exact) mass is 408 g/mol. The third kappa shape index (κ3) is 5.19. The van der Waals surface area contributed by atoms with Gasteiger partial charge in [0.05, 0.1) is 22.0 Å². The number of aromatic nitrogens is 2. The quantitative estimate of drug-likeness (QED) is 0.555. The summed E-state index contributed by atoms with van der Waals surface area (Å²) in [7, 11) is 0. The van der Waals surface area contributed by atoms with E-state index in [0.717, 1.165) is 55.9 Å². The lowest BCUT2D eigenvalue weighted by Gasteiger charge is -2.28. The molecule has 2 aromatic carbocycles. The Morgan fingerprint density at radius 3 is 2.86 bits per heavy atom. The first-order valence-corrected chi connectivity index (χ1v) is 11.4. The number of thioether (sulfide) groups is 1. The topological polar surface area (TPSA) is 61.0 Å². The van der Waals surface area contributed by atoms with Crippen LogP contribution in [0.5, 0.6) is 0 Å². The van der Waals surface area contributed by atoms with Crippen LogP contribution in [-0.2, 0) is 17.8 Å². The summed E-state index contributed by atoms with van der Waals surface area (Å²) in [4.78, 5) is 22.6. The molecule has 152 valence electrons. The molecule has 2 N–H and O–H groups in total. The molecule has 0 saturated carbocycles. The fourth-order valence-electron chi connectivity index (χ4n) is 3.77. The summed E-state index contributed by atoms with van der Waals surface area (Å²) < 4.78 is 0. The molecule has 1 aliphatic rings. The molecule has 1 amide bonds. The smallest absolute Gasteiger partial charge is 0.230 e. The van der Waals surface area contributed by atoms with Crippen molar-refractivity contribution in [1.29, 1.82) is 0 Å². The minimum atomic E-state index is 0.0990. The number of nitrogens with one attached hydrogen (secondary N) is 2. The van der Waals surface area contributed by atoms with Crippen molar-refractivity contribution in [2.75, 3.05) is 25.4 Å². The normalized spacial score (nSPS) is 15.2. The highest BCUT2D eigenvalue weighted by atomic mass is 32.2. The third-order valence-electron chi connectivity index (χ3n) is 5.44. The highest BCUT2D eigenvalue weighted by molar-refractivity contribution is 8.00. The van der Waals surface area contributed by atoms with E-state index in [-0.39, 0.29) is 11.2 Å². The summed E-state index contributed by atoms with van der Waals surface area (Å²) in [5, 5.41) is 3.21. The molecule has 0 radical (unpaired) electrons. The summed E-state index contributed by atoms with van der Waals surface area (Å²) >= 11 is 1.62. The van der Waals surface area contributed by atoms with Crippen LogP contribution >= 0.6 is 11.8 Å². The van der Waals surface area contributed by atoms with Crippen LogP contribution in [0, 0.1) is 0 Å². The van der Waals surface area contributed by atoms with Crippen molar-refractivity contribution in [3.63, 3.8) is 0 Å². The first-order chi connectivity index (χ1) is 14.2. The number of rotatable bonds is 8. The molecular weight excluding hydrogens is 380 g/mol. The Hall–Kier alpha value is -2.31. The second kappa shape index (κ2) is 9.46. The van der Waals surface area contributed by atoms with Gasteiger partial charge in [-0.05, 0) is 43.0 Å². The van der Waals surface area contributed by atoms with E-state index in [1.54, 1.807) is 11.8 Å². The van der Waals surface area contributed by atoms with Crippen LogP contribution in [-0.4, -0.2) is 46.2 Å². The molecule has 1 unspecified atom stereocenters. The zero-order valence-corrected chi connectivity index (χ0v) is 17.7. The van der Waals surface area contributed by atoms with Crippen LogP contribution in [0.1, 0.15) is 35.5 Å². The molecule has 5 nitrogen and oxygen atoms in total. The minimum absolute atomic E-state index is 0.0990. The number of hydrogen-bond acceptors (Lipinski definition) is 4. The molecule has 6 heteroatoms. The van der Waals surface area contributed by atoms with E-state index in [9.17, 15) is 4.79 Å². The average Bonchev–Trinajstić information content (AvgIpc) is 3.19. The molecule has 29 heavy (non-hydrogen) atoms. The first-order valence-electron chi connectivity index (χ1n) is 10.3. The first kappa shape index (κ1) is 20.0. The number of aromatic amines is 1. The van der Waals surface area contributed by atoms with Crippen LogP contribution < -0.4 is 5.32 Å². The molecule has 2 heterocycles. The van der Waals surface area contributed by atoms with Gasteiger partial charge in [0.25, 0.3) is 0 Å². The number of para-hydroxylation sites is 2. The number of carbonyl (C=O) groups is 1. The molecule has 1 aromatic heterocycles. The van der Waals surface area contributed by atoms with Crippen molar-refractivity contribution in [1.82, 2.24) is 20.2 Å². The molecule has 1 atom stereocenters. The maximum Gasteiger partial charge on any atom is 0.230 e. The summed E-state index contributed by atoms with van der Waals surface area (Å²) in [6, 6.07) is 16.7. The number of hydrogen-bond donors (Lipinski definition) is 2. The van der Waals surface area contributed by atoms with Gasteiger partial charge in [-0.1, -0.05) is 36.4 Å². The second-order valence-corrected chi connectivity index (χ2v) is 8.92. The Bertz CT molecular complexity index is 937. The Morgan fingerprint density at radius 2 is 2.00 bits per heavy atom. The van der Waals surface area contributed by atoms with Crippen LogP contribution in [0.25, 0.3) is 11.0 Å². The molecule has 1 aliphatic heterocycles. The molecule has 0 saturated heterocycles. The van der Waals surface area contributed by atoms with Crippen LogP contribution in [0.3, 0.4) is 0 Å². The highest BCUT2D eigenvalue weighted by Gasteiger charge is 2.16. The average molecular weight is 409 g/mol. The Kier molecular flexibility index (Phi) is 6.52. The van der Waals surface area contributed by atoms with E-state index in [4.69, 9.17) is 0 Å². The summed E-state index contributed by atoms with van der Waals surface area (Å²) in [6.45, 7) is 5.97. The fraction of sp³-hybridized carbons (Fsp3) is 0.391. The van der Waals surface area contributed by atoms with Crippen molar-refractivity contribution in [2.45, 2.75) is 31.6 Å². The van der Waals surface area contributed by atoms with E-state index in [0.29, 0.717) is 5.75 Å². The Balaban J connectivity index is 1.14. The number of amides is 1. The van der Waals surface area contributed by atoms with E-state index in [1.165, 1.54) is 11.1 Å². The Labute approximate surface area is 176 Å². The number of fused-ring (bicyclic) bond motifs is 2. The van der Waals surface area contributed by atoms with Crippen molar-refractivity contribution in [3.8, 4) is 0 Å². The van der Waals surface area contributed by atoms with Gasteiger partial charge < -0.3 is 10.3 Å². The molecule has 4 rings (SSSR count). The van der Waals surface area contributed by atoms with E-state index >= 15 is 0 Å². The summed E-state index contributed by atoms with van der Waals surface area (Å²) in [5.41, 5.74) is 4.94. The molecule has 3 aromatic rings. The van der Waals surface area contributed by atoms with Crippen molar-refractivity contribution in [3.05, 3.63) is 65.5 Å². The van der Waals surface area contributed by atoms with Gasteiger partial charge in [0, 0.05) is 26.2 Å². The zero-order chi connectivity index (χ0) is 20.1. The number of carbonyl (C=O) groups excluding carboxylic acids is 1. The van der Waals surface area contributed by atoms with Crippen LogP contribution in [0.4, 0.5) is 0 Å². The lowest BCUT2D eigenvalue weighted by molar-refractivity contribution is -0.118. The number of nitrogens with zero attached hydrogens (tertiary/aromatic N) is 2. The van der Waals surface area contributed by atoms with Gasteiger partial charge in [0.2, 0.25) is 5.91 Å². The summed E-state index contributed by atoms with van der Waals surface area (Å²) in [5.74, 6) is 1.48. The van der Waals surface area contributed by atoms with Gasteiger partial charge in [0.1, 0.15) is 5.82 Å². The molecule has 0 spiro atoms. The van der Waals surface area contributed by atoms with E-state index in [2.05, 4.69) is 51.4 Å². The van der Waals surface area contributed by atoms with E-state index in [1.807, 2.05) is 24.3 Å². The molecule has 0 fully saturated rings. The van der Waals surface area contributed by atoms with Gasteiger partial charge >= 0.3 is 0 Å².